The summed E-state index contributed by atoms with van der Waals surface area (Å²) in [4.78, 5) is 0. The Morgan fingerprint density at radius 2 is 0.444 bits per heavy atom. The van der Waals surface area contributed by atoms with E-state index in [0.717, 1.165) is 44.9 Å². The van der Waals surface area contributed by atoms with Gasteiger partial charge in [-0.05, 0) is 13.1 Å². The summed E-state index contributed by atoms with van der Waals surface area (Å²) in [5.41, 5.74) is 9.93. The Morgan fingerprint density at radius 3 is 0.444 bits per heavy atom. The van der Waals surface area contributed by atoms with Crippen LogP contribution >= 0.6 is 0 Å². The van der Waals surface area contributed by atoms with Crippen molar-refractivity contribution in [3.05, 3.63) is 106 Å². The monoisotopic (exact) mass is 1010 g/mol. The van der Waals surface area contributed by atoms with Crippen LogP contribution < -0.4 is 11.5 Å². The topological polar surface area (TPSA) is 52.0 Å². The van der Waals surface area contributed by atoms with Crippen LogP contribution in [0.5, 0.6) is 0 Å². The van der Waals surface area contributed by atoms with Crippen molar-refractivity contribution in [3.63, 3.8) is 0 Å². The van der Waals surface area contributed by atoms with Crippen LogP contribution in [-0.4, -0.2) is 13.1 Å². The van der Waals surface area contributed by atoms with Gasteiger partial charge in [0.1, 0.15) is 0 Å². The van der Waals surface area contributed by atoms with Gasteiger partial charge in [-0.2, -0.15) is 44.9 Å². The van der Waals surface area contributed by atoms with E-state index in [1.165, 1.54) is 32.1 Å². The quantitative estimate of drug-likeness (QED) is 0.250. The number of nitrogens with two attached hydrogens (primary N) is 2. The molecule has 269 valence electrons. The third-order valence-electron chi connectivity index (χ3n) is 2.88. The molecule has 0 atom stereocenters. The van der Waals surface area contributed by atoms with E-state index in [4.69, 9.17) is 11.5 Å². The van der Waals surface area contributed by atoms with E-state index in [-0.39, 0.29) is 165 Å². The van der Waals surface area contributed by atoms with Gasteiger partial charge in [-0.25, -0.2) is 57.2 Å². The standard InChI is InChI=1S/5C4H9.3C4H7.2C3H8N.5Y/c8*1-3-4-2;2*1-2-3-4;;;;;/h5*1,3-4H2,2H3;3*3-4H,1H2,2H3;2*1-4H2;;;;;/q10*-1;;;;;/p+1/b;;;;;3*4-3+;;;;;;;. The average molecular weight is 1010 g/mol. The maximum absolute atomic E-state index is 4.97. The fourth-order valence-corrected chi connectivity index (χ4v) is 0. The number of hydrogen-bond acceptors (Lipinski definition) is 2. The predicted molar refractivity (Wildman–Crippen MR) is 201 cm³/mol. The molecule has 5 radical (unpaired) electrons. The van der Waals surface area contributed by atoms with Crippen molar-refractivity contribution < 1.29 is 165 Å². The van der Waals surface area contributed by atoms with Crippen molar-refractivity contribution in [1.82, 2.24) is 0 Å². The Kier molecular flexibility index (Phi) is 398. The molecule has 0 aromatic heterocycles. The largest absolute Gasteiger partial charge is 1.00 e. The molecule has 0 fully saturated rings. The minimum absolute atomic E-state index is 0. The van der Waals surface area contributed by atoms with Crippen molar-refractivity contribution in [2.24, 2.45) is 11.5 Å². The van der Waals surface area contributed by atoms with Crippen molar-refractivity contribution in [2.45, 2.75) is 132 Å². The van der Waals surface area contributed by atoms with E-state index in [2.05, 4.69) is 104 Å². The maximum Gasteiger partial charge on any atom is 1.00 e. The molecule has 7 heteroatoms. The molecule has 0 aliphatic carbocycles. The molecule has 2 nitrogen and oxygen atoms in total. The molecule has 0 aliphatic rings. The van der Waals surface area contributed by atoms with Crippen molar-refractivity contribution >= 4 is 0 Å². The molecule has 0 aromatic rings. The molecule has 0 aliphatic heterocycles. The van der Waals surface area contributed by atoms with Gasteiger partial charge in [0, 0.05) is 164 Å². The van der Waals surface area contributed by atoms with Gasteiger partial charge in [0.2, 0.25) is 0 Å². The molecule has 0 unspecified atom stereocenters. The van der Waals surface area contributed by atoms with Crippen LogP contribution in [0, 0.1) is 69.2 Å². The van der Waals surface area contributed by atoms with Crippen molar-refractivity contribution in [3.8, 4) is 0 Å². The van der Waals surface area contributed by atoms with Gasteiger partial charge in [0.05, 0.1) is 0 Å². The van der Waals surface area contributed by atoms with Gasteiger partial charge in [0.25, 0.3) is 0 Å². The van der Waals surface area contributed by atoms with E-state index < -0.39 is 0 Å². The Bertz CT molecular complexity index is 222. The molecule has 45 heavy (non-hydrogen) atoms. The van der Waals surface area contributed by atoms with Crippen molar-refractivity contribution in [1.29, 1.82) is 0 Å². The molecule has 0 aromatic carbocycles. The Balaban J connectivity index is -0.0000000153. The second-order valence-electron chi connectivity index (χ2n) is 7.26. The van der Waals surface area contributed by atoms with E-state index in [9.17, 15) is 0 Å². The molecule has 0 bridgehead atoms. The molecular formula is C38H83N2Y5-9. The zero-order chi connectivity index (χ0) is 34.1. The first kappa shape index (κ1) is 97.7. The zero-order valence-corrected chi connectivity index (χ0v) is 46.7. The molecule has 0 heterocycles. The van der Waals surface area contributed by atoms with E-state index >= 15 is 0 Å². The minimum atomic E-state index is 0. The fourth-order valence-electron chi connectivity index (χ4n) is 0. The molecule has 0 saturated heterocycles. The Labute approximate surface area is 420 Å². The van der Waals surface area contributed by atoms with Gasteiger partial charge in [-0.1, -0.05) is 66.7 Å². The number of allylic oxidation sites excluding steroid dienone is 6. The first-order chi connectivity index (χ1) is 19.1. The molecule has 4 N–H and O–H groups in total. The Hall–Kier alpha value is 4.27. The molecule has 0 spiro atoms. The number of unbranched alkanes of at least 4 members (excludes halogenated alkanes) is 5. The minimum Gasteiger partial charge on any atom is -0.343 e. The fraction of sp³-hybridized carbons (Fsp3) is 0.579. The zero-order valence-electron chi connectivity index (χ0n) is 33.5. The second-order valence-corrected chi connectivity index (χ2v) is 7.26. The van der Waals surface area contributed by atoms with Crippen LogP contribution in [0.25, 0.3) is 0 Å². The number of rotatable bonds is 7. The van der Waals surface area contributed by atoms with Crippen LogP contribution in [-0.2, 0) is 164 Å². The summed E-state index contributed by atoms with van der Waals surface area (Å²) >= 11 is 0. The number of hydrogen-bond donors (Lipinski definition) is 2. The van der Waals surface area contributed by atoms with Gasteiger partial charge in [-0.3, -0.25) is 0 Å². The summed E-state index contributed by atoms with van der Waals surface area (Å²) in [5.74, 6) is 0. The van der Waals surface area contributed by atoms with Gasteiger partial charge in [0.15, 0.2) is 0 Å². The van der Waals surface area contributed by atoms with Gasteiger partial charge < -0.3 is 59.9 Å². The Morgan fingerprint density at radius 1 is 0.378 bits per heavy atom. The summed E-state index contributed by atoms with van der Waals surface area (Å²) in [6.45, 7) is 53.1. The molecule has 0 rings (SSSR count). The van der Waals surface area contributed by atoms with Gasteiger partial charge in [-0.15, -0.1) is 20.8 Å². The second kappa shape index (κ2) is 183. The van der Waals surface area contributed by atoms with Crippen LogP contribution in [0.4, 0.5) is 0 Å². The van der Waals surface area contributed by atoms with Crippen LogP contribution in [0.2, 0.25) is 0 Å². The third-order valence-corrected chi connectivity index (χ3v) is 2.88. The first-order valence-corrected chi connectivity index (χ1v) is 15.3. The van der Waals surface area contributed by atoms with Crippen LogP contribution in [0.3, 0.4) is 0 Å². The van der Waals surface area contributed by atoms with Crippen LogP contribution in [0.15, 0.2) is 36.5 Å². The smallest absolute Gasteiger partial charge is 0.343 e. The molecule has 0 amide bonds. The van der Waals surface area contributed by atoms with E-state index in [0.29, 0.717) is 13.1 Å². The summed E-state index contributed by atoms with van der Waals surface area (Å²) in [6.07, 6.45) is 24.0. The van der Waals surface area contributed by atoms with Crippen LogP contribution in [0.1, 0.15) is 134 Å². The van der Waals surface area contributed by atoms with E-state index in [1.807, 2.05) is 39.0 Å². The van der Waals surface area contributed by atoms with Gasteiger partial charge >= 0.3 is 1.43 Å². The summed E-state index contributed by atoms with van der Waals surface area (Å²) < 4.78 is 0. The average Bonchev–Trinajstić information content (AvgIpc) is 3.05. The van der Waals surface area contributed by atoms with E-state index in [1.54, 1.807) is 18.2 Å². The summed E-state index contributed by atoms with van der Waals surface area (Å²) in [6, 6.07) is 0. The molecule has 0 saturated carbocycles. The van der Waals surface area contributed by atoms with Crippen molar-refractivity contribution in [2.75, 3.05) is 13.1 Å². The third kappa shape index (κ3) is 508. The SMILES string of the molecule is [CH2-]/C=C/C.[CH2-]/C=C/C.[CH2-]/C=C/C.[CH2-]CCC.[CH2-]CCC.[CH2-]CCC.[CH2-]CCC.[CH2-]CCC.[CH2-]CCN.[CH2-]CCN.[H+].[Y].[Y].[Y].[Y].[Y]. The predicted octanol–water partition coefficient (Wildman–Crippen LogP) is 12.7. The summed E-state index contributed by atoms with van der Waals surface area (Å²) in [5, 5.41) is 0. The normalized spacial score (nSPS) is 7.13. The molecular weight excluding hydrogens is 929 g/mol. The summed E-state index contributed by atoms with van der Waals surface area (Å²) in [7, 11) is 0. The first-order valence-electron chi connectivity index (χ1n) is 15.3. The maximum atomic E-state index is 4.97.